The SMILES string of the molecule is CC(Sc1ccccc1Cl)C(=O)NCCCc1ccc(O)cc1. The lowest BCUT2D eigenvalue weighted by Gasteiger charge is -2.12. The molecule has 2 aromatic rings. The van der Waals surface area contributed by atoms with Gasteiger partial charge in [0, 0.05) is 11.4 Å². The third kappa shape index (κ3) is 5.81. The topological polar surface area (TPSA) is 49.3 Å². The number of aryl methyl sites for hydroxylation is 1. The van der Waals surface area contributed by atoms with E-state index in [1.54, 1.807) is 12.1 Å². The molecule has 0 fully saturated rings. The van der Waals surface area contributed by atoms with Crippen LogP contribution in [0.1, 0.15) is 18.9 Å². The fourth-order valence-corrected chi connectivity index (χ4v) is 3.27. The minimum atomic E-state index is -0.191. The number of halogens is 1. The van der Waals surface area contributed by atoms with E-state index >= 15 is 0 Å². The molecule has 1 amide bonds. The molecule has 1 atom stereocenters. The molecule has 0 spiro atoms. The highest BCUT2D eigenvalue weighted by molar-refractivity contribution is 8.00. The van der Waals surface area contributed by atoms with E-state index in [-0.39, 0.29) is 16.9 Å². The molecule has 0 aliphatic heterocycles. The number of amides is 1. The molecule has 1 unspecified atom stereocenters. The van der Waals surface area contributed by atoms with Crippen LogP contribution in [0.15, 0.2) is 53.4 Å². The van der Waals surface area contributed by atoms with Crippen LogP contribution in [0.4, 0.5) is 0 Å². The first-order valence-electron chi connectivity index (χ1n) is 7.53. The van der Waals surface area contributed by atoms with Crippen LogP contribution in [-0.2, 0) is 11.2 Å². The van der Waals surface area contributed by atoms with Gasteiger partial charge in [-0.3, -0.25) is 4.79 Å². The van der Waals surface area contributed by atoms with Gasteiger partial charge in [0.2, 0.25) is 5.91 Å². The minimum Gasteiger partial charge on any atom is -0.508 e. The molecule has 0 aliphatic rings. The number of carbonyl (C=O) groups is 1. The number of hydrogen-bond acceptors (Lipinski definition) is 3. The van der Waals surface area contributed by atoms with Gasteiger partial charge in [0.05, 0.1) is 10.3 Å². The molecule has 2 aromatic carbocycles. The maximum Gasteiger partial charge on any atom is 0.233 e. The van der Waals surface area contributed by atoms with E-state index in [2.05, 4.69) is 5.32 Å². The molecule has 0 saturated carbocycles. The van der Waals surface area contributed by atoms with Crippen LogP contribution in [0.2, 0.25) is 5.02 Å². The first kappa shape index (κ1) is 17.7. The Balaban J connectivity index is 1.72. The quantitative estimate of drug-likeness (QED) is 0.579. The highest BCUT2D eigenvalue weighted by Crippen LogP contribution is 2.29. The number of hydrogen-bond donors (Lipinski definition) is 2. The van der Waals surface area contributed by atoms with Gasteiger partial charge in [-0.1, -0.05) is 35.9 Å². The van der Waals surface area contributed by atoms with Crippen molar-refractivity contribution in [3.05, 3.63) is 59.1 Å². The van der Waals surface area contributed by atoms with Gasteiger partial charge in [-0.25, -0.2) is 0 Å². The second-order valence-corrected chi connectivity index (χ2v) is 7.04. The fraction of sp³-hybridized carbons (Fsp3) is 0.278. The van der Waals surface area contributed by atoms with Crippen LogP contribution in [0.5, 0.6) is 5.75 Å². The number of phenolic OH excluding ortho intramolecular Hbond substituents is 1. The van der Waals surface area contributed by atoms with Gasteiger partial charge in [0.1, 0.15) is 5.75 Å². The minimum absolute atomic E-state index is 0.0145. The van der Waals surface area contributed by atoms with E-state index in [0.717, 1.165) is 23.3 Å². The van der Waals surface area contributed by atoms with E-state index in [1.165, 1.54) is 11.8 Å². The predicted octanol–water partition coefficient (Wildman–Crippen LogP) is 4.28. The molecular weight excluding hydrogens is 330 g/mol. The second-order valence-electron chi connectivity index (χ2n) is 5.25. The number of phenols is 1. The number of benzene rings is 2. The highest BCUT2D eigenvalue weighted by atomic mass is 35.5. The molecule has 3 nitrogen and oxygen atoms in total. The second kappa shape index (κ2) is 8.85. The lowest BCUT2D eigenvalue weighted by atomic mass is 10.1. The Bertz CT molecular complexity index is 646. The summed E-state index contributed by atoms with van der Waals surface area (Å²) < 4.78 is 0. The van der Waals surface area contributed by atoms with Gasteiger partial charge in [-0.15, -0.1) is 11.8 Å². The molecule has 2 rings (SSSR count). The smallest absolute Gasteiger partial charge is 0.233 e. The Labute approximate surface area is 146 Å². The van der Waals surface area contributed by atoms with Crippen molar-refractivity contribution in [1.82, 2.24) is 5.32 Å². The van der Waals surface area contributed by atoms with Crippen molar-refractivity contribution in [2.75, 3.05) is 6.54 Å². The molecule has 0 bridgehead atoms. The number of rotatable bonds is 7. The van der Waals surface area contributed by atoms with Crippen molar-refractivity contribution in [3.63, 3.8) is 0 Å². The van der Waals surface area contributed by atoms with Crippen molar-refractivity contribution in [2.45, 2.75) is 29.9 Å². The molecule has 0 aromatic heterocycles. The first-order chi connectivity index (χ1) is 11.1. The van der Waals surface area contributed by atoms with E-state index in [0.29, 0.717) is 11.6 Å². The molecule has 0 radical (unpaired) electrons. The van der Waals surface area contributed by atoms with Crippen molar-refractivity contribution in [1.29, 1.82) is 0 Å². The lowest BCUT2D eigenvalue weighted by Crippen LogP contribution is -2.31. The predicted molar refractivity (Wildman–Crippen MR) is 96.2 cm³/mol. The van der Waals surface area contributed by atoms with E-state index in [4.69, 9.17) is 11.6 Å². The van der Waals surface area contributed by atoms with E-state index < -0.39 is 0 Å². The van der Waals surface area contributed by atoms with E-state index in [1.807, 2.05) is 43.3 Å². The van der Waals surface area contributed by atoms with Crippen molar-refractivity contribution in [2.24, 2.45) is 0 Å². The molecule has 122 valence electrons. The fourth-order valence-electron chi connectivity index (χ4n) is 2.09. The van der Waals surface area contributed by atoms with Gasteiger partial charge in [-0.2, -0.15) is 0 Å². The zero-order valence-electron chi connectivity index (χ0n) is 13.0. The van der Waals surface area contributed by atoms with Crippen molar-refractivity contribution in [3.8, 4) is 5.75 Å². The highest BCUT2D eigenvalue weighted by Gasteiger charge is 2.15. The van der Waals surface area contributed by atoms with Crippen LogP contribution >= 0.6 is 23.4 Å². The van der Waals surface area contributed by atoms with Gasteiger partial charge in [0.15, 0.2) is 0 Å². The molecule has 2 N–H and O–H groups in total. The Morgan fingerprint density at radius 2 is 1.91 bits per heavy atom. The standard InChI is InChI=1S/C18H20ClNO2S/c1-13(23-17-7-3-2-6-16(17)19)18(22)20-12-4-5-14-8-10-15(21)11-9-14/h2-3,6-11,13,21H,4-5,12H2,1H3,(H,20,22). The maximum atomic E-state index is 12.1. The molecule has 0 saturated heterocycles. The Hall–Kier alpha value is -1.65. The van der Waals surface area contributed by atoms with Crippen LogP contribution < -0.4 is 5.32 Å². The first-order valence-corrected chi connectivity index (χ1v) is 8.79. The van der Waals surface area contributed by atoms with Crippen molar-refractivity contribution < 1.29 is 9.90 Å². The van der Waals surface area contributed by atoms with Crippen molar-refractivity contribution >= 4 is 29.3 Å². The van der Waals surface area contributed by atoms with E-state index in [9.17, 15) is 9.90 Å². The van der Waals surface area contributed by atoms with Gasteiger partial charge >= 0.3 is 0 Å². The van der Waals surface area contributed by atoms with Crippen LogP contribution in [0, 0.1) is 0 Å². The number of carbonyl (C=O) groups excluding carboxylic acids is 1. The molecule has 0 heterocycles. The van der Waals surface area contributed by atoms with Gasteiger partial charge < -0.3 is 10.4 Å². The molecular formula is C18H20ClNO2S. The Morgan fingerprint density at radius 3 is 2.61 bits per heavy atom. The third-order valence-corrected chi connectivity index (χ3v) is 5.01. The third-order valence-electron chi connectivity index (χ3n) is 3.39. The van der Waals surface area contributed by atoms with Crippen LogP contribution in [-0.4, -0.2) is 22.8 Å². The molecule has 0 aliphatic carbocycles. The summed E-state index contributed by atoms with van der Waals surface area (Å²) in [5, 5.41) is 12.7. The average molecular weight is 350 g/mol. The summed E-state index contributed by atoms with van der Waals surface area (Å²) in [6, 6.07) is 14.7. The molecule has 23 heavy (non-hydrogen) atoms. The summed E-state index contributed by atoms with van der Waals surface area (Å²) in [5.74, 6) is 0.285. The number of aromatic hydroxyl groups is 1. The van der Waals surface area contributed by atoms with Crippen LogP contribution in [0.3, 0.4) is 0 Å². The maximum absolute atomic E-state index is 12.1. The summed E-state index contributed by atoms with van der Waals surface area (Å²) in [5.41, 5.74) is 1.15. The normalized spacial score (nSPS) is 11.9. The zero-order valence-corrected chi connectivity index (χ0v) is 14.5. The number of thioether (sulfide) groups is 1. The molecule has 5 heteroatoms. The summed E-state index contributed by atoms with van der Waals surface area (Å²) >= 11 is 7.57. The van der Waals surface area contributed by atoms with Gasteiger partial charge in [-0.05, 0) is 49.6 Å². The monoisotopic (exact) mass is 349 g/mol. The Kier molecular flexibility index (Phi) is 6.81. The summed E-state index contributed by atoms with van der Waals surface area (Å²) in [4.78, 5) is 13.0. The summed E-state index contributed by atoms with van der Waals surface area (Å²) in [6.45, 7) is 2.51. The Morgan fingerprint density at radius 1 is 1.22 bits per heavy atom. The lowest BCUT2D eigenvalue weighted by molar-refractivity contribution is -0.120. The summed E-state index contributed by atoms with van der Waals surface area (Å²) in [6.07, 6.45) is 1.73. The van der Waals surface area contributed by atoms with Crippen LogP contribution in [0.25, 0.3) is 0 Å². The largest absolute Gasteiger partial charge is 0.508 e. The average Bonchev–Trinajstić information content (AvgIpc) is 2.55. The number of nitrogens with one attached hydrogen (secondary N) is 1. The van der Waals surface area contributed by atoms with Gasteiger partial charge in [0.25, 0.3) is 0 Å². The summed E-state index contributed by atoms with van der Waals surface area (Å²) in [7, 11) is 0. The zero-order chi connectivity index (χ0) is 16.7.